The molecule has 1 N–H and O–H groups in total. The molecule has 3 aromatic rings. The highest BCUT2D eigenvalue weighted by Crippen LogP contribution is 2.28. The SMILES string of the molecule is Cn1c(=O)oc2ccc(-c3ccc(C[C@@H](C#N)CC(=O)C4(NC(=O)OC(C)(C)C)CCOCC4)cc3)cc21. The number of carbonyl (C=O) groups excluding carboxylic acids is 2. The number of nitrogens with zero attached hydrogens (tertiary/aromatic N) is 2. The van der Waals surface area contributed by atoms with Gasteiger partial charge < -0.3 is 19.2 Å². The van der Waals surface area contributed by atoms with E-state index in [-0.39, 0.29) is 12.2 Å². The zero-order chi connectivity index (χ0) is 27.5. The summed E-state index contributed by atoms with van der Waals surface area (Å²) in [6, 6.07) is 15.6. The van der Waals surface area contributed by atoms with Gasteiger partial charge in [0.2, 0.25) is 0 Å². The Morgan fingerprint density at radius 3 is 2.42 bits per heavy atom. The molecule has 1 aliphatic heterocycles. The fourth-order valence-corrected chi connectivity index (χ4v) is 4.70. The maximum absolute atomic E-state index is 13.4. The lowest BCUT2D eigenvalue weighted by Gasteiger charge is -2.37. The average molecular weight is 520 g/mol. The number of alkyl carbamates (subject to hydrolysis) is 1. The van der Waals surface area contributed by atoms with Crippen LogP contribution in [0.15, 0.2) is 51.7 Å². The normalized spacial score (nSPS) is 16.0. The van der Waals surface area contributed by atoms with E-state index in [1.54, 1.807) is 33.9 Å². The molecule has 0 aliphatic carbocycles. The third kappa shape index (κ3) is 6.14. The van der Waals surface area contributed by atoms with E-state index < -0.39 is 28.9 Å². The lowest BCUT2D eigenvalue weighted by molar-refractivity contribution is -0.130. The van der Waals surface area contributed by atoms with Crippen LogP contribution in [0.2, 0.25) is 0 Å². The molecular formula is C29H33N3O6. The first-order valence-electron chi connectivity index (χ1n) is 12.7. The van der Waals surface area contributed by atoms with Crippen LogP contribution in [0.1, 0.15) is 45.6 Å². The molecule has 38 heavy (non-hydrogen) atoms. The molecule has 9 nitrogen and oxygen atoms in total. The fourth-order valence-electron chi connectivity index (χ4n) is 4.70. The Morgan fingerprint density at radius 2 is 1.79 bits per heavy atom. The molecule has 1 saturated heterocycles. The van der Waals surface area contributed by atoms with Crippen molar-refractivity contribution in [1.29, 1.82) is 5.26 Å². The van der Waals surface area contributed by atoms with Gasteiger partial charge in [-0.15, -0.1) is 0 Å². The summed E-state index contributed by atoms with van der Waals surface area (Å²) < 4.78 is 17.5. The van der Waals surface area contributed by atoms with E-state index in [0.29, 0.717) is 43.6 Å². The van der Waals surface area contributed by atoms with Gasteiger partial charge in [0.1, 0.15) is 11.1 Å². The number of ether oxygens (including phenoxy) is 2. The molecule has 9 heteroatoms. The molecule has 1 atom stereocenters. The topological polar surface area (TPSA) is 124 Å². The van der Waals surface area contributed by atoms with Crippen LogP contribution in [0.4, 0.5) is 4.79 Å². The van der Waals surface area contributed by atoms with Crippen molar-refractivity contribution in [3.8, 4) is 17.2 Å². The molecule has 0 bridgehead atoms. The number of nitriles is 1. The number of oxazole rings is 1. The zero-order valence-corrected chi connectivity index (χ0v) is 22.2. The number of nitrogens with one attached hydrogen (secondary N) is 1. The number of hydrogen-bond acceptors (Lipinski definition) is 7. The van der Waals surface area contributed by atoms with Crippen LogP contribution in [0, 0.1) is 17.2 Å². The number of hydrogen-bond donors (Lipinski definition) is 1. The first-order chi connectivity index (χ1) is 18.0. The van der Waals surface area contributed by atoms with Crippen LogP contribution in [-0.2, 0) is 27.7 Å². The molecule has 0 saturated carbocycles. The molecule has 2 aromatic carbocycles. The molecule has 2 heterocycles. The standard InChI is InChI=1S/C29H33N3O6/c1-28(2,3)38-26(34)31-29(11-13-36-14-12-29)25(33)16-20(18-30)15-19-5-7-21(8-6-19)22-9-10-24-23(17-22)32(4)27(35)37-24/h5-10,17,20H,11-16H2,1-4H3,(H,31,34)/t20-/m1/s1. The van der Waals surface area contributed by atoms with Crippen LogP contribution in [-0.4, -0.2) is 40.8 Å². The van der Waals surface area contributed by atoms with E-state index in [1.807, 2.05) is 36.4 Å². The second kappa shape index (κ2) is 10.8. The highest BCUT2D eigenvalue weighted by atomic mass is 16.6. The van der Waals surface area contributed by atoms with E-state index in [0.717, 1.165) is 16.7 Å². The Kier molecular flexibility index (Phi) is 7.74. The summed E-state index contributed by atoms with van der Waals surface area (Å²) in [6.07, 6.45) is 0.441. The third-order valence-electron chi connectivity index (χ3n) is 6.80. The number of aromatic nitrogens is 1. The molecule has 200 valence electrons. The Balaban J connectivity index is 1.45. The van der Waals surface area contributed by atoms with Crippen LogP contribution in [0.3, 0.4) is 0 Å². The van der Waals surface area contributed by atoms with Gasteiger partial charge in [-0.2, -0.15) is 5.26 Å². The van der Waals surface area contributed by atoms with Crippen molar-refractivity contribution < 1.29 is 23.5 Å². The van der Waals surface area contributed by atoms with E-state index in [4.69, 9.17) is 13.9 Å². The lowest BCUT2D eigenvalue weighted by atomic mass is 9.80. The Labute approximate surface area is 221 Å². The van der Waals surface area contributed by atoms with Crippen molar-refractivity contribution in [2.75, 3.05) is 13.2 Å². The number of fused-ring (bicyclic) bond motifs is 1. The number of Topliss-reactive ketones (excluding diaryl/α,β-unsaturated/α-hetero) is 1. The van der Waals surface area contributed by atoms with Crippen LogP contribution in [0.25, 0.3) is 22.2 Å². The van der Waals surface area contributed by atoms with E-state index in [9.17, 15) is 19.6 Å². The molecule has 1 amide bonds. The Morgan fingerprint density at radius 1 is 1.13 bits per heavy atom. The molecule has 0 radical (unpaired) electrons. The third-order valence-corrected chi connectivity index (χ3v) is 6.80. The quantitative estimate of drug-likeness (QED) is 0.487. The molecule has 0 spiro atoms. The second-order valence-corrected chi connectivity index (χ2v) is 10.8. The molecule has 1 aliphatic rings. The van der Waals surface area contributed by atoms with Crippen molar-refractivity contribution in [1.82, 2.24) is 9.88 Å². The van der Waals surface area contributed by atoms with Gasteiger partial charge in [0, 0.05) is 39.5 Å². The summed E-state index contributed by atoms with van der Waals surface area (Å²) in [5.41, 5.74) is 2.25. The van der Waals surface area contributed by atoms with Crippen molar-refractivity contribution in [2.45, 2.75) is 57.6 Å². The molecule has 0 unspecified atom stereocenters. The Bertz CT molecular complexity index is 1420. The molecular weight excluding hydrogens is 486 g/mol. The van der Waals surface area contributed by atoms with E-state index in [2.05, 4.69) is 11.4 Å². The molecule has 1 aromatic heterocycles. The predicted molar refractivity (Wildman–Crippen MR) is 141 cm³/mol. The summed E-state index contributed by atoms with van der Waals surface area (Å²) in [5, 5.41) is 12.6. The van der Waals surface area contributed by atoms with Gasteiger partial charge in [0.25, 0.3) is 0 Å². The van der Waals surface area contributed by atoms with E-state index >= 15 is 0 Å². The Hall–Kier alpha value is -3.90. The van der Waals surface area contributed by atoms with Gasteiger partial charge in [-0.1, -0.05) is 30.3 Å². The first-order valence-corrected chi connectivity index (χ1v) is 12.7. The number of carbonyl (C=O) groups is 2. The zero-order valence-electron chi connectivity index (χ0n) is 22.2. The molecule has 1 fully saturated rings. The number of ketones is 1. The summed E-state index contributed by atoms with van der Waals surface area (Å²) in [7, 11) is 1.66. The van der Waals surface area contributed by atoms with Crippen LogP contribution in [0.5, 0.6) is 0 Å². The highest BCUT2D eigenvalue weighted by molar-refractivity contribution is 5.92. The van der Waals surface area contributed by atoms with Gasteiger partial charge >= 0.3 is 11.8 Å². The number of benzene rings is 2. The maximum atomic E-state index is 13.4. The van der Waals surface area contributed by atoms with Gasteiger partial charge in [0.15, 0.2) is 11.4 Å². The van der Waals surface area contributed by atoms with Gasteiger partial charge in [-0.25, -0.2) is 9.59 Å². The minimum atomic E-state index is -1.11. The van der Waals surface area contributed by atoms with Gasteiger partial charge in [-0.05, 0) is 56.0 Å². The predicted octanol–water partition coefficient (Wildman–Crippen LogP) is 4.51. The summed E-state index contributed by atoms with van der Waals surface area (Å²) >= 11 is 0. The van der Waals surface area contributed by atoms with Gasteiger partial charge in [-0.3, -0.25) is 9.36 Å². The fraction of sp³-hybridized carbons (Fsp3) is 0.448. The summed E-state index contributed by atoms with van der Waals surface area (Å²) in [6.45, 7) is 5.98. The number of amides is 1. The smallest absolute Gasteiger partial charge is 0.419 e. The second-order valence-electron chi connectivity index (χ2n) is 10.8. The monoisotopic (exact) mass is 519 g/mol. The lowest BCUT2D eigenvalue weighted by Crippen LogP contribution is -2.58. The van der Waals surface area contributed by atoms with Crippen LogP contribution < -0.4 is 11.1 Å². The summed E-state index contributed by atoms with van der Waals surface area (Å²) in [4.78, 5) is 37.7. The average Bonchev–Trinajstić information content (AvgIpc) is 3.16. The highest BCUT2D eigenvalue weighted by Gasteiger charge is 2.42. The minimum Gasteiger partial charge on any atom is -0.444 e. The van der Waals surface area contributed by atoms with Crippen LogP contribution >= 0.6 is 0 Å². The maximum Gasteiger partial charge on any atom is 0.419 e. The minimum absolute atomic E-state index is 0.0131. The van der Waals surface area contributed by atoms with Gasteiger partial charge in [0.05, 0.1) is 17.5 Å². The van der Waals surface area contributed by atoms with Crippen molar-refractivity contribution in [3.05, 3.63) is 58.6 Å². The number of rotatable bonds is 7. The van der Waals surface area contributed by atoms with Crippen molar-refractivity contribution in [3.63, 3.8) is 0 Å². The van der Waals surface area contributed by atoms with Crippen molar-refractivity contribution >= 4 is 23.0 Å². The summed E-state index contributed by atoms with van der Waals surface area (Å²) in [5.74, 6) is -1.15. The van der Waals surface area contributed by atoms with Crippen molar-refractivity contribution in [2.24, 2.45) is 13.0 Å². The first kappa shape index (κ1) is 27.1. The number of aryl methyl sites for hydroxylation is 1. The molecule has 4 rings (SSSR count). The largest absolute Gasteiger partial charge is 0.444 e. The van der Waals surface area contributed by atoms with E-state index in [1.165, 1.54) is 4.57 Å².